The third kappa shape index (κ3) is 2.43. The van der Waals surface area contributed by atoms with Crippen molar-refractivity contribution in [3.8, 4) is 5.75 Å². The zero-order valence-corrected chi connectivity index (χ0v) is 7.80. The summed E-state index contributed by atoms with van der Waals surface area (Å²) in [6.45, 7) is 0. The first-order valence-corrected chi connectivity index (χ1v) is 4.11. The van der Waals surface area contributed by atoms with Crippen LogP contribution in [0.15, 0.2) is 18.3 Å². The highest BCUT2D eigenvalue weighted by molar-refractivity contribution is 5.75. The fourth-order valence-electron chi connectivity index (χ4n) is 1.03. The molecular formula is C9H12N2O3. The summed E-state index contributed by atoms with van der Waals surface area (Å²) in [5.41, 5.74) is 5.90. The number of nitrogens with zero attached hydrogens (tertiary/aromatic N) is 1. The highest BCUT2D eigenvalue weighted by Crippen LogP contribution is 2.13. The molecular weight excluding hydrogens is 184 g/mol. The lowest BCUT2D eigenvalue weighted by Gasteiger charge is -2.08. The van der Waals surface area contributed by atoms with E-state index in [1.165, 1.54) is 19.4 Å². The van der Waals surface area contributed by atoms with E-state index < -0.39 is 12.0 Å². The molecule has 0 fully saturated rings. The van der Waals surface area contributed by atoms with Crippen LogP contribution in [-0.4, -0.2) is 29.2 Å². The fourth-order valence-corrected chi connectivity index (χ4v) is 1.03. The molecule has 0 bridgehead atoms. The van der Waals surface area contributed by atoms with E-state index in [-0.39, 0.29) is 12.2 Å². The van der Waals surface area contributed by atoms with E-state index in [1.807, 2.05) is 0 Å². The quantitative estimate of drug-likeness (QED) is 0.655. The van der Waals surface area contributed by atoms with Gasteiger partial charge in [0.2, 0.25) is 0 Å². The molecule has 1 aromatic heterocycles. The SMILES string of the molecule is COC(=O)[C@@H](N)Cc1ncccc1O. The van der Waals surface area contributed by atoms with Gasteiger partial charge in [0.05, 0.1) is 12.8 Å². The minimum atomic E-state index is -0.791. The van der Waals surface area contributed by atoms with Gasteiger partial charge in [0.25, 0.3) is 0 Å². The summed E-state index contributed by atoms with van der Waals surface area (Å²) in [5, 5.41) is 9.34. The Morgan fingerprint density at radius 2 is 2.50 bits per heavy atom. The molecule has 76 valence electrons. The van der Waals surface area contributed by atoms with Crippen molar-refractivity contribution in [3.05, 3.63) is 24.0 Å². The van der Waals surface area contributed by atoms with Crippen molar-refractivity contribution in [3.63, 3.8) is 0 Å². The topological polar surface area (TPSA) is 85.4 Å². The molecule has 5 nitrogen and oxygen atoms in total. The normalized spacial score (nSPS) is 12.1. The molecule has 0 saturated heterocycles. The second-order valence-corrected chi connectivity index (χ2v) is 2.80. The lowest BCUT2D eigenvalue weighted by atomic mass is 10.1. The number of ether oxygens (including phenoxy) is 1. The van der Waals surface area contributed by atoms with Gasteiger partial charge in [0.15, 0.2) is 0 Å². The van der Waals surface area contributed by atoms with Crippen LogP contribution >= 0.6 is 0 Å². The van der Waals surface area contributed by atoms with Crippen LogP contribution < -0.4 is 5.73 Å². The first-order valence-electron chi connectivity index (χ1n) is 4.11. The maximum absolute atomic E-state index is 11.0. The van der Waals surface area contributed by atoms with Crippen molar-refractivity contribution < 1.29 is 14.6 Å². The van der Waals surface area contributed by atoms with E-state index in [0.29, 0.717) is 5.69 Å². The molecule has 0 amide bonds. The summed E-state index contributed by atoms with van der Waals surface area (Å²) in [6, 6.07) is 2.30. The average molecular weight is 196 g/mol. The van der Waals surface area contributed by atoms with E-state index in [2.05, 4.69) is 9.72 Å². The molecule has 1 rings (SSSR count). The molecule has 0 aliphatic rings. The highest BCUT2D eigenvalue weighted by atomic mass is 16.5. The largest absolute Gasteiger partial charge is 0.506 e. The van der Waals surface area contributed by atoms with E-state index in [0.717, 1.165) is 0 Å². The maximum atomic E-state index is 11.0. The smallest absolute Gasteiger partial charge is 0.323 e. The van der Waals surface area contributed by atoms with E-state index in [1.54, 1.807) is 6.07 Å². The molecule has 14 heavy (non-hydrogen) atoms. The molecule has 1 atom stereocenters. The minimum Gasteiger partial charge on any atom is -0.506 e. The van der Waals surface area contributed by atoms with Gasteiger partial charge < -0.3 is 15.6 Å². The Balaban J connectivity index is 2.69. The Kier molecular flexibility index (Phi) is 3.41. The predicted octanol–water partition coefficient (Wildman–Crippen LogP) is -0.170. The van der Waals surface area contributed by atoms with Gasteiger partial charge in [0, 0.05) is 12.6 Å². The van der Waals surface area contributed by atoms with Crippen molar-refractivity contribution in [2.24, 2.45) is 5.73 Å². The second kappa shape index (κ2) is 4.57. The molecule has 0 aliphatic heterocycles. The molecule has 0 spiro atoms. The number of nitrogens with two attached hydrogens (primary N) is 1. The fraction of sp³-hybridized carbons (Fsp3) is 0.333. The number of aromatic nitrogens is 1. The monoisotopic (exact) mass is 196 g/mol. The Hall–Kier alpha value is -1.62. The number of carbonyl (C=O) groups is 1. The number of pyridine rings is 1. The first-order chi connectivity index (χ1) is 6.65. The van der Waals surface area contributed by atoms with Gasteiger partial charge in [-0.1, -0.05) is 0 Å². The second-order valence-electron chi connectivity index (χ2n) is 2.80. The third-order valence-corrected chi connectivity index (χ3v) is 1.78. The Morgan fingerprint density at radius 3 is 3.07 bits per heavy atom. The number of aromatic hydroxyl groups is 1. The standard InChI is InChI=1S/C9H12N2O3/c1-14-9(13)6(10)5-7-8(12)3-2-4-11-7/h2-4,6,12H,5,10H2,1H3/t6-/m0/s1. The number of methoxy groups -OCH3 is 1. The summed E-state index contributed by atoms with van der Waals surface area (Å²) < 4.78 is 4.45. The molecule has 3 N–H and O–H groups in total. The van der Waals surface area contributed by atoms with Crippen molar-refractivity contribution in [1.29, 1.82) is 0 Å². The molecule has 5 heteroatoms. The molecule has 0 radical (unpaired) electrons. The lowest BCUT2D eigenvalue weighted by Crippen LogP contribution is -2.33. The maximum Gasteiger partial charge on any atom is 0.323 e. The van der Waals surface area contributed by atoms with Crippen LogP contribution in [0.2, 0.25) is 0 Å². The third-order valence-electron chi connectivity index (χ3n) is 1.78. The number of hydrogen-bond donors (Lipinski definition) is 2. The van der Waals surface area contributed by atoms with Crippen LogP contribution in [0.25, 0.3) is 0 Å². The number of esters is 1. The van der Waals surface area contributed by atoms with E-state index >= 15 is 0 Å². The summed E-state index contributed by atoms with van der Waals surface area (Å²) in [4.78, 5) is 14.9. The van der Waals surface area contributed by atoms with Crippen LogP contribution in [-0.2, 0) is 16.0 Å². The predicted molar refractivity (Wildman–Crippen MR) is 49.6 cm³/mol. The zero-order valence-electron chi connectivity index (χ0n) is 7.80. The van der Waals surface area contributed by atoms with E-state index in [9.17, 15) is 9.90 Å². The Bertz CT molecular complexity index is 328. The Labute approximate surface area is 81.5 Å². The molecule has 1 aromatic rings. The van der Waals surface area contributed by atoms with Gasteiger partial charge >= 0.3 is 5.97 Å². The summed E-state index contributed by atoms with van der Waals surface area (Å²) in [7, 11) is 1.26. The Morgan fingerprint density at radius 1 is 1.79 bits per heavy atom. The molecule has 0 aromatic carbocycles. The summed E-state index contributed by atoms with van der Waals surface area (Å²) in [6.07, 6.45) is 1.69. The van der Waals surface area contributed by atoms with Crippen molar-refractivity contribution in [2.75, 3.05) is 7.11 Å². The number of hydrogen-bond acceptors (Lipinski definition) is 5. The lowest BCUT2D eigenvalue weighted by molar-refractivity contribution is -0.142. The van der Waals surface area contributed by atoms with Crippen LogP contribution in [0.5, 0.6) is 5.75 Å². The molecule has 0 aliphatic carbocycles. The zero-order chi connectivity index (χ0) is 10.6. The van der Waals surface area contributed by atoms with Crippen LogP contribution in [0, 0.1) is 0 Å². The van der Waals surface area contributed by atoms with Crippen molar-refractivity contribution in [2.45, 2.75) is 12.5 Å². The van der Waals surface area contributed by atoms with Gasteiger partial charge in [-0.2, -0.15) is 0 Å². The number of rotatable bonds is 3. The van der Waals surface area contributed by atoms with Gasteiger partial charge in [-0.3, -0.25) is 9.78 Å². The molecule has 1 heterocycles. The van der Waals surface area contributed by atoms with Crippen molar-refractivity contribution in [1.82, 2.24) is 4.98 Å². The minimum absolute atomic E-state index is 0.0341. The first kappa shape index (κ1) is 10.5. The van der Waals surface area contributed by atoms with Gasteiger partial charge in [-0.25, -0.2) is 0 Å². The van der Waals surface area contributed by atoms with Gasteiger partial charge in [-0.15, -0.1) is 0 Å². The molecule has 0 unspecified atom stereocenters. The van der Waals surface area contributed by atoms with Crippen LogP contribution in [0.4, 0.5) is 0 Å². The van der Waals surface area contributed by atoms with Gasteiger partial charge in [-0.05, 0) is 12.1 Å². The average Bonchev–Trinajstić information content (AvgIpc) is 2.20. The molecule has 0 saturated carbocycles. The highest BCUT2D eigenvalue weighted by Gasteiger charge is 2.16. The summed E-state index contributed by atoms with van der Waals surface area (Å²) >= 11 is 0. The van der Waals surface area contributed by atoms with E-state index in [4.69, 9.17) is 5.73 Å². The van der Waals surface area contributed by atoms with Crippen molar-refractivity contribution >= 4 is 5.97 Å². The number of carbonyl (C=O) groups excluding carboxylic acids is 1. The van der Waals surface area contributed by atoms with Crippen LogP contribution in [0.3, 0.4) is 0 Å². The summed E-state index contributed by atoms with van der Waals surface area (Å²) in [5.74, 6) is -0.484. The van der Waals surface area contributed by atoms with Crippen LogP contribution in [0.1, 0.15) is 5.69 Å². The van der Waals surface area contributed by atoms with Gasteiger partial charge in [0.1, 0.15) is 11.8 Å².